The van der Waals surface area contributed by atoms with Crippen molar-refractivity contribution < 1.29 is 9.72 Å². The Bertz CT molecular complexity index is 692. The summed E-state index contributed by atoms with van der Waals surface area (Å²) < 4.78 is 2.00. The van der Waals surface area contributed by atoms with E-state index in [0.29, 0.717) is 24.5 Å². The van der Waals surface area contributed by atoms with Gasteiger partial charge in [0.05, 0.1) is 4.92 Å². The van der Waals surface area contributed by atoms with Crippen LogP contribution in [0.25, 0.3) is 10.9 Å². The minimum Gasteiger partial charge on any atom is -0.350 e. The number of non-ortho nitro benzene ring substituents is 1. The minimum atomic E-state index is -0.360. The molecule has 0 aliphatic heterocycles. The second-order valence-corrected chi connectivity index (χ2v) is 5.47. The molecule has 0 bridgehead atoms. The van der Waals surface area contributed by atoms with Gasteiger partial charge in [-0.15, -0.1) is 0 Å². The first-order valence-electron chi connectivity index (χ1n) is 6.81. The van der Waals surface area contributed by atoms with Crippen LogP contribution in [0.1, 0.15) is 37.2 Å². The Balaban J connectivity index is 2.08. The highest BCUT2D eigenvalue weighted by molar-refractivity contribution is 5.87. The number of carbonyl (C=O) groups excluding carboxylic acids is 1. The molecule has 20 heavy (non-hydrogen) atoms. The zero-order chi connectivity index (χ0) is 14.3. The third-order valence-electron chi connectivity index (χ3n) is 4.20. The maximum atomic E-state index is 11.4. The van der Waals surface area contributed by atoms with Crippen molar-refractivity contribution in [3.63, 3.8) is 0 Å². The van der Waals surface area contributed by atoms with Crippen LogP contribution in [0.2, 0.25) is 0 Å². The molecule has 0 unspecified atom stereocenters. The Morgan fingerprint density at radius 1 is 1.30 bits per heavy atom. The summed E-state index contributed by atoms with van der Waals surface area (Å²) in [5.41, 5.74) is 2.26. The number of nitro groups is 1. The van der Waals surface area contributed by atoms with Gasteiger partial charge >= 0.3 is 0 Å². The standard InChI is InChI=1S/C15H16N2O3/c1-16-9-14(10-2-5-12(18)6-3-10)13-8-11(17(19)20)4-7-15(13)16/h4,7-10H,2-3,5-6H2,1H3. The first-order chi connectivity index (χ1) is 9.56. The highest BCUT2D eigenvalue weighted by Gasteiger charge is 2.24. The summed E-state index contributed by atoms with van der Waals surface area (Å²) in [6.07, 6.45) is 4.99. The molecular weight excluding hydrogens is 256 g/mol. The molecule has 1 aromatic heterocycles. The van der Waals surface area contributed by atoms with Gasteiger partial charge in [-0.25, -0.2) is 0 Å². The van der Waals surface area contributed by atoms with Crippen molar-refractivity contribution in [1.82, 2.24) is 4.57 Å². The number of rotatable bonds is 2. The van der Waals surface area contributed by atoms with Gasteiger partial charge in [0.2, 0.25) is 0 Å². The molecule has 1 fully saturated rings. The van der Waals surface area contributed by atoms with E-state index in [1.54, 1.807) is 12.1 Å². The Morgan fingerprint density at radius 3 is 2.65 bits per heavy atom. The lowest BCUT2D eigenvalue weighted by Gasteiger charge is -2.20. The Hall–Kier alpha value is -2.17. The van der Waals surface area contributed by atoms with Crippen LogP contribution in [0.15, 0.2) is 24.4 Å². The van der Waals surface area contributed by atoms with E-state index in [0.717, 1.165) is 29.3 Å². The zero-order valence-corrected chi connectivity index (χ0v) is 11.3. The van der Waals surface area contributed by atoms with Crippen LogP contribution in [0.4, 0.5) is 5.69 Å². The van der Waals surface area contributed by atoms with E-state index in [1.165, 1.54) is 6.07 Å². The fourth-order valence-corrected chi connectivity index (χ4v) is 3.10. The smallest absolute Gasteiger partial charge is 0.270 e. The van der Waals surface area contributed by atoms with Crippen molar-refractivity contribution in [3.05, 3.63) is 40.1 Å². The van der Waals surface area contributed by atoms with Crippen LogP contribution in [0, 0.1) is 10.1 Å². The second-order valence-electron chi connectivity index (χ2n) is 5.47. The van der Waals surface area contributed by atoms with Crippen molar-refractivity contribution in [2.24, 2.45) is 7.05 Å². The van der Waals surface area contributed by atoms with Crippen molar-refractivity contribution in [2.45, 2.75) is 31.6 Å². The summed E-state index contributed by atoms with van der Waals surface area (Å²) in [4.78, 5) is 21.9. The fraction of sp³-hybridized carbons (Fsp3) is 0.400. The van der Waals surface area contributed by atoms with E-state index in [9.17, 15) is 14.9 Å². The van der Waals surface area contributed by atoms with E-state index in [2.05, 4.69) is 6.20 Å². The van der Waals surface area contributed by atoms with Crippen molar-refractivity contribution >= 4 is 22.4 Å². The van der Waals surface area contributed by atoms with Gasteiger partial charge in [0, 0.05) is 49.1 Å². The summed E-state index contributed by atoms with van der Waals surface area (Å²) >= 11 is 0. The lowest BCUT2D eigenvalue weighted by atomic mass is 9.83. The molecular formula is C15H16N2O3. The number of nitrogens with zero attached hydrogens (tertiary/aromatic N) is 2. The number of Topliss-reactive ketones (excluding diaryl/α,β-unsaturated/α-hetero) is 1. The summed E-state index contributed by atoms with van der Waals surface area (Å²) in [6.45, 7) is 0. The maximum Gasteiger partial charge on any atom is 0.270 e. The monoisotopic (exact) mass is 272 g/mol. The molecule has 1 aliphatic rings. The van der Waals surface area contributed by atoms with Crippen LogP contribution in [-0.2, 0) is 11.8 Å². The Labute approximate surface area is 116 Å². The molecule has 0 N–H and O–H groups in total. The predicted molar refractivity (Wildman–Crippen MR) is 75.8 cm³/mol. The minimum absolute atomic E-state index is 0.122. The lowest BCUT2D eigenvalue weighted by molar-refractivity contribution is -0.384. The molecule has 0 radical (unpaired) electrons. The topological polar surface area (TPSA) is 65.1 Å². The van der Waals surface area contributed by atoms with E-state index in [-0.39, 0.29) is 10.6 Å². The molecule has 3 rings (SSSR count). The first-order valence-corrected chi connectivity index (χ1v) is 6.81. The molecule has 2 aromatic rings. The molecule has 5 nitrogen and oxygen atoms in total. The van der Waals surface area contributed by atoms with Gasteiger partial charge in [-0.05, 0) is 30.4 Å². The van der Waals surface area contributed by atoms with Crippen LogP contribution >= 0.6 is 0 Å². The molecule has 0 atom stereocenters. The van der Waals surface area contributed by atoms with Crippen LogP contribution in [-0.4, -0.2) is 15.3 Å². The molecule has 0 spiro atoms. The van der Waals surface area contributed by atoms with Crippen molar-refractivity contribution in [2.75, 3.05) is 0 Å². The van der Waals surface area contributed by atoms with Crippen molar-refractivity contribution in [3.8, 4) is 0 Å². The number of carbonyl (C=O) groups is 1. The highest BCUT2D eigenvalue weighted by atomic mass is 16.6. The van der Waals surface area contributed by atoms with E-state index in [1.807, 2.05) is 11.6 Å². The quantitative estimate of drug-likeness (QED) is 0.622. The number of ketones is 1. The number of benzene rings is 1. The molecule has 1 aliphatic carbocycles. The molecule has 104 valence electrons. The Kier molecular flexibility index (Phi) is 3.04. The summed E-state index contributed by atoms with van der Waals surface area (Å²) in [7, 11) is 1.95. The van der Waals surface area contributed by atoms with Crippen LogP contribution in [0.5, 0.6) is 0 Å². The van der Waals surface area contributed by atoms with Crippen molar-refractivity contribution in [1.29, 1.82) is 0 Å². The maximum absolute atomic E-state index is 11.4. The second kappa shape index (κ2) is 4.74. The highest BCUT2D eigenvalue weighted by Crippen LogP contribution is 2.37. The molecule has 1 heterocycles. The molecule has 1 aromatic carbocycles. The number of hydrogen-bond acceptors (Lipinski definition) is 3. The third-order valence-corrected chi connectivity index (χ3v) is 4.20. The summed E-state index contributed by atoms with van der Waals surface area (Å²) in [6, 6.07) is 4.99. The predicted octanol–water partition coefficient (Wildman–Crippen LogP) is 3.31. The zero-order valence-electron chi connectivity index (χ0n) is 11.3. The van der Waals surface area contributed by atoms with E-state index >= 15 is 0 Å². The number of hydrogen-bond donors (Lipinski definition) is 0. The molecule has 0 amide bonds. The largest absolute Gasteiger partial charge is 0.350 e. The number of fused-ring (bicyclic) bond motifs is 1. The Morgan fingerprint density at radius 2 is 2.00 bits per heavy atom. The van der Waals surface area contributed by atoms with E-state index in [4.69, 9.17) is 0 Å². The van der Waals surface area contributed by atoms with E-state index < -0.39 is 0 Å². The molecule has 1 saturated carbocycles. The molecule has 5 heteroatoms. The number of aryl methyl sites for hydroxylation is 1. The van der Waals surface area contributed by atoms with Gasteiger partial charge in [0.15, 0.2) is 0 Å². The lowest BCUT2D eigenvalue weighted by Crippen LogP contribution is -2.12. The van der Waals surface area contributed by atoms with Crippen LogP contribution in [0.3, 0.4) is 0 Å². The summed E-state index contributed by atoms with van der Waals surface area (Å²) in [5, 5.41) is 11.9. The fourth-order valence-electron chi connectivity index (χ4n) is 3.10. The number of aromatic nitrogens is 1. The van der Waals surface area contributed by atoms with Gasteiger partial charge in [-0.3, -0.25) is 14.9 Å². The molecule has 0 saturated heterocycles. The average Bonchev–Trinajstić information content (AvgIpc) is 2.76. The summed E-state index contributed by atoms with van der Waals surface area (Å²) in [5.74, 6) is 0.658. The average molecular weight is 272 g/mol. The van der Waals surface area contributed by atoms with Gasteiger partial charge in [0.1, 0.15) is 5.78 Å². The first kappa shape index (κ1) is 12.8. The third kappa shape index (κ3) is 2.09. The number of nitro benzene ring substituents is 1. The van der Waals surface area contributed by atoms with Gasteiger partial charge in [0.25, 0.3) is 5.69 Å². The SMILES string of the molecule is Cn1cc(C2CCC(=O)CC2)c2cc([N+](=O)[O-])ccc21. The van der Waals surface area contributed by atoms with Gasteiger partial charge < -0.3 is 4.57 Å². The van der Waals surface area contributed by atoms with Crippen LogP contribution < -0.4 is 0 Å². The van der Waals surface area contributed by atoms with Gasteiger partial charge in [-0.1, -0.05) is 0 Å². The normalized spacial score (nSPS) is 16.8. The van der Waals surface area contributed by atoms with Gasteiger partial charge in [-0.2, -0.15) is 0 Å².